The Morgan fingerprint density at radius 1 is 1.08 bits per heavy atom. The van der Waals surface area contributed by atoms with Gasteiger partial charge in [-0.05, 0) is 24.1 Å². The average molecular weight is 334 g/mol. The molecule has 1 aromatic carbocycles. The number of nitrogens with zero attached hydrogens (tertiary/aromatic N) is 3. The van der Waals surface area contributed by atoms with Gasteiger partial charge in [0.2, 0.25) is 5.91 Å². The molecule has 1 amide bonds. The zero-order valence-electron chi connectivity index (χ0n) is 14.3. The highest BCUT2D eigenvalue weighted by molar-refractivity contribution is 5.83. The predicted molar refractivity (Wildman–Crippen MR) is 97.9 cm³/mol. The molecule has 0 bridgehead atoms. The number of hydrogen-bond donors (Lipinski definition) is 1. The van der Waals surface area contributed by atoms with Crippen molar-refractivity contribution < 1.29 is 4.79 Å². The van der Waals surface area contributed by atoms with Gasteiger partial charge in [-0.1, -0.05) is 43.3 Å². The van der Waals surface area contributed by atoms with Crippen molar-refractivity contribution in [3.63, 3.8) is 0 Å². The van der Waals surface area contributed by atoms with Gasteiger partial charge in [0.25, 0.3) is 0 Å². The lowest BCUT2D eigenvalue weighted by Gasteiger charge is -2.16. The summed E-state index contributed by atoms with van der Waals surface area (Å²) in [6.07, 6.45) is 6.19. The van der Waals surface area contributed by atoms with Crippen molar-refractivity contribution in [2.75, 3.05) is 6.54 Å². The first-order valence-electron chi connectivity index (χ1n) is 8.54. The molecule has 0 aliphatic heterocycles. The first kappa shape index (κ1) is 16.9. The summed E-state index contributed by atoms with van der Waals surface area (Å²) >= 11 is 0. The van der Waals surface area contributed by atoms with Crippen molar-refractivity contribution >= 4 is 5.91 Å². The van der Waals surface area contributed by atoms with Gasteiger partial charge in [0.1, 0.15) is 5.69 Å². The Morgan fingerprint density at radius 3 is 2.60 bits per heavy atom. The number of nitrogens with one attached hydrogen (secondary N) is 1. The Hall–Kier alpha value is -2.95. The van der Waals surface area contributed by atoms with E-state index in [9.17, 15) is 4.79 Å². The molecule has 3 rings (SSSR count). The third-order valence-corrected chi connectivity index (χ3v) is 4.19. The molecule has 0 unspecified atom stereocenters. The van der Waals surface area contributed by atoms with E-state index in [1.54, 1.807) is 12.4 Å². The second-order valence-corrected chi connectivity index (χ2v) is 5.82. The second-order valence-electron chi connectivity index (χ2n) is 5.82. The van der Waals surface area contributed by atoms with Crippen LogP contribution in [0.4, 0.5) is 0 Å². The van der Waals surface area contributed by atoms with Crippen LogP contribution in [0.2, 0.25) is 0 Å². The molecule has 5 heteroatoms. The van der Waals surface area contributed by atoms with Crippen LogP contribution < -0.4 is 5.32 Å². The Balaban J connectivity index is 1.60. The van der Waals surface area contributed by atoms with Gasteiger partial charge >= 0.3 is 0 Å². The van der Waals surface area contributed by atoms with Crippen LogP contribution in [0.25, 0.3) is 11.5 Å². The molecule has 1 N–H and O–H groups in total. The number of amides is 1. The van der Waals surface area contributed by atoms with Gasteiger partial charge in [-0.25, -0.2) is 4.98 Å². The summed E-state index contributed by atoms with van der Waals surface area (Å²) < 4.78 is 2.01. The van der Waals surface area contributed by atoms with Gasteiger partial charge in [-0.15, -0.1) is 0 Å². The molecule has 2 heterocycles. The van der Waals surface area contributed by atoms with Crippen LogP contribution in [0.5, 0.6) is 0 Å². The minimum atomic E-state index is -0.112. The zero-order valence-corrected chi connectivity index (χ0v) is 14.3. The Morgan fingerprint density at radius 2 is 1.88 bits per heavy atom. The first-order chi connectivity index (χ1) is 12.3. The molecule has 3 aromatic rings. The average Bonchev–Trinajstić information content (AvgIpc) is 3.12. The Labute approximate surface area is 147 Å². The van der Waals surface area contributed by atoms with Gasteiger partial charge < -0.3 is 9.88 Å². The highest BCUT2D eigenvalue weighted by atomic mass is 16.1. The molecule has 1 atom stereocenters. The minimum absolute atomic E-state index is 0.0631. The Kier molecular flexibility index (Phi) is 5.57. The van der Waals surface area contributed by atoms with Crippen molar-refractivity contribution in [1.29, 1.82) is 0 Å². The lowest BCUT2D eigenvalue weighted by Crippen LogP contribution is -2.31. The third-order valence-electron chi connectivity index (χ3n) is 4.19. The van der Waals surface area contributed by atoms with Crippen LogP contribution in [0.15, 0.2) is 67.1 Å². The first-order valence-corrected chi connectivity index (χ1v) is 8.54. The molecule has 128 valence electrons. The van der Waals surface area contributed by atoms with Crippen molar-refractivity contribution in [2.45, 2.75) is 25.8 Å². The molecule has 0 aliphatic carbocycles. The van der Waals surface area contributed by atoms with Crippen LogP contribution in [0, 0.1) is 0 Å². The molecule has 0 saturated heterocycles. The van der Waals surface area contributed by atoms with Crippen LogP contribution in [0.3, 0.4) is 0 Å². The highest BCUT2D eigenvalue weighted by Gasteiger charge is 2.17. The van der Waals surface area contributed by atoms with Crippen molar-refractivity contribution in [2.24, 2.45) is 0 Å². The van der Waals surface area contributed by atoms with E-state index < -0.39 is 0 Å². The van der Waals surface area contributed by atoms with Gasteiger partial charge in [0, 0.05) is 31.7 Å². The number of pyridine rings is 1. The van der Waals surface area contributed by atoms with E-state index in [0.717, 1.165) is 23.5 Å². The molecular weight excluding hydrogens is 312 g/mol. The number of rotatable bonds is 7. The molecule has 0 radical (unpaired) electrons. The smallest absolute Gasteiger partial charge is 0.227 e. The molecule has 25 heavy (non-hydrogen) atoms. The molecule has 0 saturated carbocycles. The summed E-state index contributed by atoms with van der Waals surface area (Å²) in [7, 11) is 0. The van der Waals surface area contributed by atoms with E-state index in [-0.39, 0.29) is 11.8 Å². The highest BCUT2D eigenvalue weighted by Crippen LogP contribution is 2.19. The SMILES string of the molecule is CC[C@H](C(=O)NCCn1ccnc1-c1ccccn1)c1ccccc1. The second kappa shape index (κ2) is 8.24. The van der Waals surface area contributed by atoms with Gasteiger partial charge in [0.15, 0.2) is 5.82 Å². The van der Waals surface area contributed by atoms with E-state index in [1.807, 2.05) is 66.2 Å². The quantitative estimate of drug-likeness (QED) is 0.721. The van der Waals surface area contributed by atoms with Crippen LogP contribution in [-0.4, -0.2) is 27.0 Å². The lowest BCUT2D eigenvalue weighted by molar-refractivity contribution is -0.122. The summed E-state index contributed by atoms with van der Waals surface area (Å²) in [5.74, 6) is 0.761. The molecule has 0 fully saturated rings. The standard InChI is InChI=1S/C20H22N4O/c1-2-17(16-8-4-3-5-9-16)20(25)23-13-15-24-14-12-22-19(24)18-10-6-7-11-21-18/h3-12,14,17H,2,13,15H2,1H3,(H,23,25)/t17-/m0/s1. The van der Waals surface area contributed by atoms with E-state index in [4.69, 9.17) is 0 Å². The summed E-state index contributed by atoms with van der Waals surface area (Å²) in [5, 5.41) is 3.04. The topological polar surface area (TPSA) is 59.8 Å². The number of carbonyl (C=O) groups is 1. The molecule has 0 spiro atoms. The largest absolute Gasteiger partial charge is 0.354 e. The number of imidazole rings is 1. The maximum absolute atomic E-state index is 12.5. The normalized spacial score (nSPS) is 11.9. The zero-order chi connectivity index (χ0) is 17.5. The van der Waals surface area contributed by atoms with Gasteiger partial charge in [0.05, 0.1) is 5.92 Å². The van der Waals surface area contributed by atoms with E-state index in [2.05, 4.69) is 15.3 Å². The van der Waals surface area contributed by atoms with E-state index in [1.165, 1.54) is 0 Å². The fourth-order valence-electron chi connectivity index (χ4n) is 2.90. The van der Waals surface area contributed by atoms with Crippen molar-refractivity contribution in [1.82, 2.24) is 19.9 Å². The number of carbonyl (C=O) groups excluding carboxylic acids is 1. The third kappa shape index (κ3) is 4.12. The molecule has 2 aromatic heterocycles. The fraction of sp³-hybridized carbons (Fsp3) is 0.250. The van der Waals surface area contributed by atoms with Crippen molar-refractivity contribution in [3.05, 3.63) is 72.7 Å². The van der Waals surface area contributed by atoms with Crippen molar-refractivity contribution in [3.8, 4) is 11.5 Å². The molecule has 0 aliphatic rings. The lowest BCUT2D eigenvalue weighted by atomic mass is 9.96. The fourth-order valence-corrected chi connectivity index (χ4v) is 2.90. The summed E-state index contributed by atoms with van der Waals surface area (Å²) in [4.78, 5) is 21.2. The van der Waals surface area contributed by atoms with Gasteiger partial charge in [-0.3, -0.25) is 9.78 Å². The monoisotopic (exact) mass is 334 g/mol. The van der Waals surface area contributed by atoms with E-state index >= 15 is 0 Å². The van der Waals surface area contributed by atoms with E-state index in [0.29, 0.717) is 13.1 Å². The predicted octanol–water partition coefficient (Wildman–Crippen LogP) is 3.26. The minimum Gasteiger partial charge on any atom is -0.354 e. The van der Waals surface area contributed by atoms with Crippen LogP contribution >= 0.6 is 0 Å². The molecular formula is C20H22N4O. The van der Waals surface area contributed by atoms with Crippen LogP contribution in [-0.2, 0) is 11.3 Å². The summed E-state index contributed by atoms with van der Waals surface area (Å²) in [6.45, 7) is 3.24. The summed E-state index contributed by atoms with van der Waals surface area (Å²) in [6, 6.07) is 15.7. The number of hydrogen-bond acceptors (Lipinski definition) is 3. The Bertz CT molecular complexity index is 799. The number of benzene rings is 1. The van der Waals surface area contributed by atoms with Crippen LogP contribution in [0.1, 0.15) is 24.8 Å². The maximum Gasteiger partial charge on any atom is 0.227 e. The molecule has 5 nitrogen and oxygen atoms in total. The maximum atomic E-state index is 12.5. The number of aromatic nitrogens is 3. The van der Waals surface area contributed by atoms with Gasteiger partial charge in [-0.2, -0.15) is 0 Å². The summed E-state index contributed by atoms with van der Waals surface area (Å²) in [5.41, 5.74) is 1.88.